The zero-order chi connectivity index (χ0) is 13.9. The van der Waals surface area contributed by atoms with Crippen molar-refractivity contribution in [1.82, 2.24) is 10.2 Å². The summed E-state index contributed by atoms with van der Waals surface area (Å²) >= 11 is 9.22. The van der Waals surface area contributed by atoms with Crippen LogP contribution in [0.25, 0.3) is 0 Å². The van der Waals surface area contributed by atoms with E-state index >= 15 is 0 Å². The molecule has 1 amide bonds. The van der Waals surface area contributed by atoms with Crippen LogP contribution in [0.2, 0.25) is 4.34 Å². The summed E-state index contributed by atoms with van der Waals surface area (Å²) in [5.74, 6) is 0.171. The predicted octanol–water partition coefficient (Wildman–Crippen LogP) is 3.14. The zero-order valence-corrected chi connectivity index (χ0v) is 13.3. The summed E-state index contributed by atoms with van der Waals surface area (Å²) in [6.45, 7) is 2.67. The Labute approximate surface area is 131 Å². The molecule has 0 spiro atoms. The number of carbonyl (C=O) groups is 1. The highest BCUT2D eigenvalue weighted by Crippen LogP contribution is 2.24. The zero-order valence-electron chi connectivity index (χ0n) is 10.9. The van der Waals surface area contributed by atoms with E-state index in [0.29, 0.717) is 13.1 Å². The molecule has 0 unspecified atom stereocenters. The lowest BCUT2D eigenvalue weighted by Crippen LogP contribution is -2.40. The van der Waals surface area contributed by atoms with Crippen LogP contribution >= 0.6 is 34.3 Å². The number of carbonyl (C=O) groups excluding carboxylic acids is 1. The van der Waals surface area contributed by atoms with E-state index in [9.17, 15) is 4.79 Å². The second kappa shape index (κ2) is 6.26. The van der Waals surface area contributed by atoms with Gasteiger partial charge in [-0.2, -0.15) is 0 Å². The molecule has 1 N–H and O–H groups in total. The third-order valence-corrected chi connectivity index (χ3v) is 5.62. The van der Waals surface area contributed by atoms with Crippen LogP contribution in [0.5, 0.6) is 0 Å². The van der Waals surface area contributed by atoms with Gasteiger partial charge in [-0.1, -0.05) is 11.6 Å². The molecule has 1 aliphatic heterocycles. The molecule has 0 fully saturated rings. The van der Waals surface area contributed by atoms with Crippen LogP contribution in [0.1, 0.15) is 15.3 Å². The van der Waals surface area contributed by atoms with Crippen molar-refractivity contribution in [1.29, 1.82) is 0 Å². The van der Waals surface area contributed by atoms with E-state index in [1.807, 2.05) is 17.0 Å². The maximum absolute atomic E-state index is 12.2. The maximum atomic E-state index is 12.2. The fraction of sp³-hybridized carbons (Fsp3) is 0.357. The van der Waals surface area contributed by atoms with E-state index in [1.165, 1.54) is 10.4 Å². The molecule has 0 saturated carbocycles. The molecule has 0 bridgehead atoms. The van der Waals surface area contributed by atoms with Crippen molar-refractivity contribution in [3.05, 3.63) is 43.2 Å². The third-order valence-electron chi connectivity index (χ3n) is 3.36. The van der Waals surface area contributed by atoms with Gasteiger partial charge in [0.1, 0.15) is 0 Å². The number of hydrogen-bond donors (Lipinski definition) is 1. The van der Waals surface area contributed by atoms with Gasteiger partial charge in [0.05, 0.1) is 10.9 Å². The standard InChI is InChI=1S/C14H15ClN2OS2/c15-13-2-1-11(20-13)7-16-8-14(18)17-5-3-12-10(9-17)4-6-19-12/h1-2,4,6,16H,3,5,7-9H2. The Morgan fingerprint density at radius 2 is 2.30 bits per heavy atom. The minimum absolute atomic E-state index is 0.171. The number of nitrogens with one attached hydrogen (secondary N) is 1. The second-order valence-electron chi connectivity index (χ2n) is 4.74. The highest BCUT2D eigenvalue weighted by atomic mass is 35.5. The molecule has 0 aliphatic carbocycles. The van der Waals surface area contributed by atoms with E-state index in [1.54, 1.807) is 22.7 Å². The number of amides is 1. The molecule has 3 heterocycles. The summed E-state index contributed by atoms with van der Waals surface area (Å²) in [5, 5.41) is 5.30. The van der Waals surface area contributed by atoms with E-state index in [-0.39, 0.29) is 5.91 Å². The normalized spacial score (nSPS) is 14.3. The topological polar surface area (TPSA) is 32.3 Å². The number of nitrogens with zero attached hydrogens (tertiary/aromatic N) is 1. The molecular weight excluding hydrogens is 312 g/mol. The van der Waals surface area contributed by atoms with Crippen LogP contribution in [0.15, 0.2) is 23.6 Å². The van der Waals surface area contributed by atoms with Gasteiger partial charge in [-0.25, -0.2) is 0 Å². The largest absolute Gasteiger partial charge is 0.337 e. The van der Waals surface area contributed by atoms with Crippen molar-refractivity contribution in [3.8, 4) is 0 Å². The lowest BCUT2D eigenvalue weighted by Gasteiger charge is -2.27. The number of rotatable bonds is 4. The first-order chi connectivity index (χ1) is 9.72. The van der Waals surface area contributed by atoms with Gasteiger partial charge in [0, 0.05) is 29.4 Å². The van der Waals surface area contributed by atoms with Crippen LogP contribution in [0.4, 0.5) is 0 Å². The first-order valence-electron chi connectivity index (χ1n) is 6.50. The molecule has 6 heteroatoms. The van der Waals surface area contributed by atoms with Gasteiger partial charge in [0.2, 0.25) is 5.91 Å². The van der Waals surface area contributed by atoms with Gasteiger partial charge >= 0.3 is 0 Å². The Kier molecular flexibility index (Phi) is 4.41. The quantitative estimate of drug-likeness (QED) is 0.936. The third kappa shape index (κ3) is 3.23. The molecule has 2 aromatic heterocycles. The fourth-order valence-electron chi connectivity index (χ4n) is 2.31. The molecule has 3 nitrogen and oxygen atoms in total. The minimum Gasteiger partial charge on any atom is -0.337 e. The van der Waals surface area contributed by atoms with Gasteiger partial charge in [-0.15, -0.1) is 22.7 Å². The Balaban J connectivity index is 1.48. The average molecular weight is 327 g/mol. The van der Waals surface area contributed by atoms with E-state index in [2.05, 4.69) is 16.8 Å². The summed E-state index contributed by atoms with van der Waals surface area (Å²) in [6.07, 6.45) is 0.985. The van der Waals surface area contributed by atoms with E-state index in [4.69, 9.17) is 11.6 Å². The number of halogens is 1. The molecule has 0 atom stereocenters. The van der Waals surface area contributed by atoms with Gasteiger partial charge in [-0.3, -0.25) is 4.79 Å². The van der Waals surface area contributed by atoms with Crippen LogP contribution < -0.4 is 5.32 Å². The summed E-state index contributed by atoms with van der Waals surface area (Å²) in [4.78, 5) is 16.7. The molecule has 2 aromatic rings. The van der Waals surface area contributed by atoms with Gasteiger partial charge < -0.3 is 10.2 Å². The SMILES string of the molecule is O=C(CNCc1ccc(Cl)s1)N1CCc2sccc2C1. The minimum atomic E-state index is 0.171. The Hall–Kier alpha value is -0.880. The Morgan fingerprint density at radius 1 is 1.40 bits per heavy atom. The highest BCUT2D eigenvalue weighted by molar-refractivity contribution is 7.16. The fourth-order valence-corrected chi connectivity index (χ4v) is 4.26. The number of hydrogen-bond acceptors (Lipinski definition) is 4. The van der Waals surface area contributed by atoms with Gasteiger partial charge in [0.25, 0.3) is 0 Å². The summed E-state index contributed by atoms with van der Waals surface area (Å²) in [6, 6.07) is 6.00. The van der Waals surface area contributed by atoms with Crippen LogP contribution in [0.3, 0.4) is 0 Å². The number of fused-ring (bicyclic) bond motifs is 1. The average Bonchev–Trinajstić information content (AvgIpc) is 3.06. The smallest absolute Gasteiger partial charge is 0.236 e. The maximum Gasteiger partial charge on any atom is 0.236 e. The molecular formula is C14H15ClN2OS2. The lowest BCUT2D eigenvalue weighted by atomic mass is 10.1. The van der Waals surface area contributed by atoms with Crippen molar-refractivity contribution in [2.75, 3.05) is 13.1 Å². The lowest BCUT2D eigenvalue weighted by molar-refractivity contribution is -0.131. The molecule has 0 aromatic carbocycles. The first kappa shape index (κ1) is 14.1. The monoisotopic (exact) mass is 326 g/mol. The van der Waals surface area contributed by atoms with Crippen LogP contribution in [-0.2, 0) is 24.3 Å². The summed E-state index contributed by atoms with van der Waals surface area (Å²) < 4.78 is 0.786. The van der Waals surface area contributed by atoms with E-state index < -0.39 is 0 Å². The molecule has 0 radical (unpaired) electrons. The van der Waals surface area contributed by atoms with Crippen molar-refractivity contribution >= 4 is 40.2 Å². The molecule has 0 saturated heterocycles. The van der Waals surface area contributed by atoms with Crippen molar-refractivity contribution in [2.24, 2.45) is 0 Å². The number of thiophene rings is 2. The second-order valence-corrected chi connectivity index (χ2v) is 7.54. The first-order valence-corrected chi connectivity index (χ1v) is 8.58. The van der Waals surface area contributed by atoms with Crippen LogP contribution in [0, 0.1) is 0 Å². The molecule has 106 valence electrons. The van der Waals surface area contributed by atoms with Crippen molar-refractivity contribution < 1.29 is 4.79 Å². The van der Waals surface area contributed by atoms with Crippen molar-refractivity contribution in [2.45, 2.75) is 19.5 Å². The Morgan fingerprint density at radius 3 is 3.10 bits per heavy atom. The van der Waals surface area contributed by atoms with Gasteiger partial charge in [0.15, 0.2) is 0 Å². The highest BCUT2D eigenvalue weighted by Gasteiger charge is 2.20. The van der Waals surface area contributed by atoms with Crippen molar-refractivity contribution in [3.63, 3.8) is 0 Å². The molecule has 1 aliphatic rings. The summed E-state index contributed by atoms with van der Waals surface area (Å²) in [7, 11) is 0. The Bertz CT molecular complexity index is 608. The summed E-state index contributed by atoms with van der Waals surface area (Å²) in [5.41, 5.74) is 1.31. The predicted molar refractivity (Wildman–Crippen MR) is 84.5 cm³/mol. The van der Waals surface area contributed by atoms with Gasteiger partial charge in [-0.05, 0) is 35.6 Å². The van der Waals surface area contributed by atoms with Crippen LogP contribution in [-0.4, -0.2) is 23.9 Å². The molecule has 3 rings (SSSR count). The van der Waals surface area contributed by atoms with E-state index in [0.717, 1.165) is 28.7 Å². The molecule has 20 heavy (non-hydrogen) atoms.